The molecule has 192 valence electrons. The number of rotatable bonds is 7. The van der Waals surface area contributed by atoms with E-state index in [0.717, 1.165) is 42.7 Å². The van der Waals surface area contributed by atoms with Crippen LogP contribution in [0.5, 0.6) is 5.88 Å². The Morgan fingerprint density at radius 1 is 0.974 bits per heavy atom. The summed E-state index contributed by atoms with van der Waals surface area (Å²) in [6, 6.07) is 23.9. The molecule has 0 aliphatic carbocycles. The lowest BCUT2D eigenvalue weighted by Crippen LogP contribution is -2.34. The second-order valence-electron chi connectivity index (χ2n) is 9.24. The zero-order valence-corrected chi connectivity index (χ0v) is 21.2. The first-order chi connectivity index (χ1) is 18.7. The molecule has 6 rings (SSSR count). The second-order valence-corrected chi connectivity index (χ2v) is 9.24. The molecule has 2 aromatic carbocycles. The van der Waals surface area contributed by atoms with E-state index in [0.29, 0.717) is 35.2 Å². The van der Waals surface area contributed by atoms with Crippen LogP contribution in [0.2, 0.25) is 0 Å². The van der Waals surface area contributed by atoms with Crippen LogP contribution in [0.25, 0.3) is 28.0 Å². The van der Waals surface area contributed by atoms with E-state index < -0.39 is 0 Å². The molecule has 0 amide bonds. The van der Waals surface area contributed by atoms with Crippen LogP contribution >= 0.6 is 0 Å². The van der Waals surface area contributed by atoms with E-state index in [2.05, 4.69) is 39.9 Å². The van der Waals surface area contributed by atoms with Gasteiger partial charge in [0.05, 0.1) is 0 Å². The summed E-state index contributed by atoms with van der Waals surface area (Å²) in [5, 5.41) is 7.08. The molecule has 0 spiro atoms. The van der Waals surface area contributed by atoms with Crippen molar-refractivity contribution in [1.29, 1.82) is 0 Å². The topological polar surface area (TPSA) is 98.9 Å². The molecule has 3 aromatic heterocycles. The molecule has 0 radical (unpaired) electrons. The molecule has 4 heterocycles. The van der Waals surface area contributed by atoms with E-state index >= 15 is 0 Å². The van der Waals surface area contributed by atoms with Crippen LogP contribution in [0.1, 0.15) is 19.8 Å². The van der Waals surface area contributed by atoms with Crippen molar-refractivity contribution in [2.75, 3.05) is 18.4 Å². The van der Waals surface area contributed by atoms with Crippen LogP contribution in [0, 0.1) is 0 Å². The Bertz CT molecular complexity index is 1620. The van der Waals surface area contributed by atoms with Crippen LogP contribution in [0.15, 0.2) is 83.8 Å². The highest BCUT2D eigenvalue weighted by atomic mass is 16.5. The van der Waals surface area contributed by atoms with Crippen LogP contribution in [-0.2, 0) is 6.54 Å². The normalized spacial score (nSPS) is 14.0. The van der Waals surface area contributed by atoms with E-state index in [1.807, 2.05) is 55.5 Å². The van der Waals surface area contributed by atoms with Crippen molar-refractivity contribution in [3.05, 3.63) is 89.3 Å². The summed E-state index contributed by atoms with van der Waals surface area (Å²) in [5.41, 5.74) is 3.39. The van der Waals surface area contributed by atoms with E-state index in [-0.39, 0.29) is 11.7 Å². The van der Waals surface area contributed by atoms with Crippen molar-refractivity contribution < 1.29 is 4.74 Å². The first-order valence-electron chi connectivity index (χ1n) is 13.0. The lowest BCUT2D eigenvalue weighted by atomic mass is 10.1. The molecular formula is C29H29N7O2. The van der Waals surface area contributed by atoms with E-state index in [1.54, 1.807) is 15.6 Å². The van der Waals surface area contributed by atoms with Gasteiger partial charge >= 0.3 is 0 Å². The van der Waals surface area contributed by atoms with Gasteiger partial charge in [0.1, 0.15) is 11.5 Å². The van der Waals surface area contributed by atoms with Crippen LogP contribution in [0.3, 0.4) is 0 Å². The number of pyridine rings is 1. The number of nitrogens with zero attached hydrogens (tertiary/aromatic N) is 5. The Labute approximate surface area is 220 Å². The molecule has 0 bridgehead atoms. The van der Waals surface area contributed by atoms with Gasteiger partial charge in [0.25, 0.3) is 5.56 Å². The van der Waals surface area contributed by atoms with Crippen LogP contribution < -0.4 is 20.9 Å². The quantitative estimate of drug-likeness (QED) is 0.334. The standard InChI is InChI=1S/C29H29N7O2/c1-2-35-28(37)24-19-31-29(32-22-11-6-10-21(18-22)20-8-4-3-5-9-20)34-27(24)36(35)25-12-7-13-26(33-25)38-23-14-16-30-17-15-23/h3-13,18-19,23,30H,2,14-17H2,1H3,(H,31,32,34). The summed E-state index contributed by atoms with van der Waals surface area (Å²) in [5.74, 6) is 1.50. The van der Waals surface area contributed by atoms with Gasteiger partial charge < -0.3 is 15.4 Å². The average Bonchev–Trinajstić information content (AvgIpc) is 3.25. The molecule has 0 unspecified atom stereocenters. The minimum absolute atomic E-state index is 0.124. The maximum absolute atomic E-state index is 13.2. The highest BCUT2D eigenvalue weighted by Gasteiger charge is 2.19. The summed E-state index contributed by atoms with van der Waals surface area (Å²) in [6.07, 6.45) is 3.57. The molecule has 1 fully saturated rings. The Morgan fingerprint density at radius 3 is 2.58 bits per heavy atom. The smallest absolute Gasteiger partial charge is 0.278 e. The van der Waals surface area contributed by atoms with E-state index in [9.17, 15) is 4.79 Å². The molecule has 38 heavy (non-hydrogen) atoms. The van der Waals surface area contributed by atoms with Crippen molar-refractivity contribution in [1.82, 2.24) is 29.6 Å². The molecule has 2 N–H and O–H groups in total. The first-order valence-corrected chi connectivity index (χ1v) is 13.0. The molecule has 1 saturated heterocycles. The number of hydrogen-bond donors (Lipinski definition) is 2. The molecular weight excluding hydrogens is 478 g/mol. The summed E-state index contributed by atoms with van der Waals surface area (Å²) in [7, 11) is 0. The maximum atomic E-state index is 13.2. The largest absolute Gasteiger partial charge is 0.474 e. The van der Waals surface area contributed by atoms with Crippen molar-refractivity contribution in [2.45, 2.75) is 32.4 Å². The zero-order chi connectivity index (χ0) is 25.9. The molecule has 1 aliphatic heterocycles. The number of piperidine rings is 1. The lowest BCUT2D eigenvalue weighted by molar-refractivity contribution is 0.156. The monoisotopic (exact) mass is 507 g/mol. The fourth-order valence-corrected chi connectivity index (χ4v) is 4.81. The van der Waals surface area contributed by atoms with Gasteiger partial charge in [-0.2, -0.15) is 9.97 Å². The third kappa shape index (κ3) is 4.76. The van der Waals surface area contributed by atoms with Gasteiger partial charge in [-0.3, -0.25) is 4.79 Å². The number of hydrogen-bond acceptors (Lipinski definition) is 7. The van der Waals surface area contributed by atoms with Gasteiger partial charge in [0.2, 0.25) is 11.8 Å². The summed E-state index contributed by atoms with van der Waals surface area (Å²) < 4.78 is 9.53. The van der Waals surface area contributed by atoms with Gasteiger partial charge in [-0.1, -0.05) is 48.5 Å². The SMILES string of the molecule is CCn1c(=O)c2cnc(Nc3cccc(-c4ccccc4)c3)nc2n1-c1cccc(OC2CCNCC2)n1. The third-order valence-electron chi connectivity index (χ3n) is 6.70. The number of fused-ring (bicyclic) bond motifs is 1. The second kappa shape index (κ2) is 10.5. The minimum Gasteiger partial charge on any atom is -0.474 e. The van der Waals surface area contributed by atoms with E-state index in [4.69, 9.17) is 14.7 Å². The van der Waals surface area contributed by atoms with E-state index in [1.165, 1.54) is 0 Å². The molecule has 5 aromatic rings. The van der Waals surface area contributed by atoms with Crippen molar-refractivity contribution in [3.63, 3.8) is 0 Å². The molecule has 0 saturated carbocycles. The Morgan fingerprint density at radius 2 is 1.76 bits per heavy atom. The Hall–Kier alpha value is -4.50. The van der Waals surface area contributed by atoms with Gasteiger partial charge in [0.15, 0.2) is 11.5 Å². The summed E-state index contributed by atoms with van der Waals surface area (Å²) in [6.45, 7) is 4.25. The number of nitrogens with one attached hydrogen (secondary N) is 2. The Kier molecular flexibility index (Phi) is 6.58. The van der Waals surface area contributed by atoms with Crippen molar-refractivity contribution in [2.24, 2.45) is 0 Å². The summed E-state index contributed by atoms with van der Waals surface area (Å²) in [4.78, 5) is 27.1. The predicted octanol–water partition coefficient (Wildman–Crippen LogP) is 4.54. The molecule has 9 nitrogen and oxygen atoms in total. The highest BCUT2D eigenvalue weighted by Crippen LogP contribution is 2.25. The summed E-state index contributed by atoms with van der Waals surface area (Å²) >= 11 is 0. The van der Waals surface area contributed by atoms with Gasteiger partial charge in [-0.25, -0.2) is 14.3 Å². The average molecular weight is 508 g/mol. The molecule has 9 heteroatoms. The molecule has 1 aliphatic rings. The van der Waals surface area contributed by atoms with Crippen LogP contribution in [-0.4, -0.2) is 43.5 Å². The predicted molar refractivity (Wildman–Crippen MR) is 148 cm³/mol. The zero-order valence-electron chi connectivity index (χ0n) is 21.2. The Balaban J connectivity index is 1.36. The highest BCUT2D eigenvalue weighted by molar-refractivity contribution is 5.77. The van der Waals surface area contributed by atoms with Crippen molar-refractivity contribution >= 4 is 22.7 Å². The number of ether oxygens (including phenoxy) is 1. The van der Waals surface area contributed by atoms with Crippen molar-refractivity contribution in [3.8, 4) is 22.8 Å². The van der Waals surface area contributed by atoms with Gasteiger partial charge in [-0.05, 0) is 62.2 Å². The number of benzene rings is 2. The minimum atomic E-state index is -0.161. The number of anilines is 2. The maximum Gasteiger partial charge on any atom is 0.278 e. The fraction of sp³-hybridized carbons (Fsp3) is 0.241. The number of aromatic nitrogens is 5. The third-order valence-corrected chi connectivity index (χ3v) is 6.70. The molecule has 0 atom stereocenters. The first kappa shape index (κ1) is 23.9. The van der Waals surface area contributed by atoms with Crippen LogP contribution in [0.4, 0.5) is 11.6 Å². The fourth-order valence-electron chi connectivity index (χ4n) is 4.81. The van der Waals surface area contributed by atoms with Gasteiger partial charge in [-0.15, -0.1) is 0 Å². The lowest BCUT2D eigenvalue weighted by Gasteiger charge is -2.23. The van der Waals surface area contributed by atoms with Gasteiger partial charge in [0, 0.05) is 24.5 Å².